The van der Waals surface area contributed by atoms with Crippen LogP contribution < -0.4 is 10.2 Å². The minimum Gasteiger partial charge on any atom is -0.478 e. The van der Waals surface area contributed by atoms with E-state index in [0.717, 1.165) is 64.7 Å². The molecule has 7 nitrogen and oxygen atoms in total. The molecule has 1 saturated carbocycles. The smallest absolute Gasteiger partial charge is 0.339 e. The molecule has 1 atom stereocenters. The number of carbonyl (C=O) groups is 2. The van der Waals surface area contributed by atoms with Crippen LogP contribution in [0.4, 0.5) is 5.82 Å². The molecule has 1 aromatic rings. The lowest BCUT2D eigenvalue weighted by atomic mass is 9.93. The normalized spacial score (nSPS) is 24.6. The van der Waals surface area contributed by atoms with Crippen LogP contribution in [0.5, 0.6) is 0 Å². The van der Waals surface area contributed by atoms with Crippen LogP contribution in [0.25, 0.3) is 0 Å². The highest BCUT2D eigenvalue weighted by Crippen LogP contribution is 2.28. The van der Waals surface area contributed by atoms with Crippen LogP contribution in [-0.2, 0) is 4.79 Å². The molecule has 146 valence electrons. The third kappa shape index (κ3) is 4.24. The van der Waals surface area contributed by atoms with Crippen molar-refractivity contribution in [3.63, 3.8) is 0 Å². The second-order valence-corrected chi connectivity index (χ2v) is 8.01. The SMILES string of the molecule is O=C(O)c1cccnc1N1CCC(N2CCCC(C(=O)NC3CC3)C2)CC1. The molecule has 0 bridgehead atoms. The molecule has 1 unspecified atom stereocenters. The number of hydrogen-bond acceptors (Lipinski definition) is 5. The number of carboxylic acids is 1. The number of anilines is 1. The minimum absolute atomic E-state index is 0.117. The van der Waals surface area contributed by atoms with Gasteiger partial charge in [-0.1, -0.05) is 0 Å². The Bertz CT molecular complexity index is 698. The molecule has 1 amide bonds. The summed E-state index contributed by atoms with van der Waals surface area (Å²) in [5, 5.41) is 12.5. The summed E-state index contributed by atoms with van der Waals surface area (Å²) >= 11 is 0. The largest absolute Gasteiger partial charge is 0.478 e. The van der Waals surface area contributed by atoms with Gasteiger partial charge in [0, 0.05) is 37.9 Å². The zero-order valence-corrected chi connectivity index (χ0v) is 15.6. The predicted molar refractivity (Wildman–Crippen MR) is 102 cm³/mol. The molecule has 3 heterocycles. The molecule has 7 heteroatoms. The highest BCUT2D eigenvalue weighted by molar-refractivity contribution is 5.93. The molecule has 3 fully saturated rings. The lowest BCUT2D eigenvalue weighted by Gasteiger charge is -2.42. The molecule has 2 aliphatic heterocycles. The summed E-state index contributed by atoms with van der Waals surface area (Å²) in [4.78, 5) is 32.7. The van der Waals surface area contributed by atoms with E-state index in [4.69, 9.17) is 0 Å². The number of nitrogens with one attached hydrogen (secondary N) is 1. The molecule has 27 heavy (non-hydrogen) atoms. The summed E-state index contributed by atoms with van der Waals surface area (Å²) in [5.41, 5.74) is 0.269. The molecule has 2 saturated heterocycles. The number of rotatable bonds is 5. The Morgan fingerprint density at radius 2 is 1.89 bits per heavy atom. The number of aromatic carboxylic acids is 1. The summed E-state index contributed by atoms with van der Waals surface area (Å²) in [5.74, 6) is -0.00411. The summed E-state index contributed by atoms with van der Waals surface area (Å²) in [6, 6.07) is 4.18. The number of hydrogen-bond donors (Lipinski definition) is 2. The molecule has 3 aliphatic rings. The maximum absolute atomic E-state index is 12.4. The standard InChI is InChI=1S/C20H28N4O3/c25-19(22-15-5-6-15)14-3-2-10-24(13-14)16-7-11-23(12-8-16)18-17(20(26)27)4-1-9-21-18/h1,4,9,14-16H,2-3,5-8,10-13H2,(H,22,25)(H,26,27). The Morgan fingerprint density at radius 3 is 2.59 bits per heavy atom. The van der Waals surface area contributed by atoms with Crippen LogP contribution in [0.3, 0.4) is 0 Å². The third-order valence-corrected chi connectivity index (χ3v) is 6.04. The van der Waals surface area contributed by atoms with Crippen LogP contribution in [0, 0.1) is 5.92 Å². The average Bonchev–Trinajstić information content (AvgIpc) is 3.52. The predicted octanol–water partition coefficient (Wildman–Crippen LogP) is 1.74. The van der Waals surface area contributed by atoms with E-state index in [1.807, 2.05) is 0 Å². The summed E-state index contributed by atoms with van der Waals surface area (Å²) < 4.78 is 0. The van der Waals surface area contributed by atoms with E-state index in [0.29, 0.717) is 17.9 Å². The fraction of sp³-hybridized carbons (Fsp3) is 0.650. The van der Waals surface area contributed by atoms with Crippen molar-refractivity contribution in [1.29, 1.82) is 0 Å². The molecule has 2 N–H and O–H groups in total. The second kappa shape index (κ2) is 7.84. The Hall–Kier alpha value is -2.15. The molecular weight excluding hydrogens is 344 g/mol. The first-order chi connectivity index (χ1) is 13.1. The van der Waals surface area contributed by atoms with E-state index >= 15 is 0 Å². The van der Waals surface area contributed by atoms with Gasteiger partial charge in [-0.2, -0.15) is 0 Å². The molecular formula is C20H28N4O3. The monoisotopic (exact) mass is 372 g/mol. The van der Waals surface area contributed by atoms with E-state index in [-0.39, 0.29) is 17.4 Å². The summed E-state index contributed by atoms with van der Waals surface area (Å²) in [6.45, 7) is 3.52. The van der Waals surface area contributed by atoms with Crippen molar-refractivity contribution in [1.82, 2.24) is 15.2 Å². The number of pyridine rings is 1. The van der Waals surface area contributed by atoms with Crippen molar-refractivity contribution >= 4 is 17.7 Å². The number of likely N-dealkylation sites (tertiary alicyclic amines) is 1. The van der Waals surface area contributed by atoms with E-state index in [2.05, 4.69) is 20.1 Å². The van der Waals surface area contributed by atoms with Gasteiger partial charge in [-0.05, 0) is 57.2 Å². The summed E-state index contributed by atoms with van der Waals surface area (Å²) in [7, 11) is 0. The van der Waals surface area contributed by atoms with Crippen molar-refractivity contribution < 1.29 is 14.7 Å². The molecule has 1 aliphatic carbocycles. The second-order valence-electron chi connectivity index (χ2n) is 8.01. The number of aromatic nitrogens is 1. The van der Waals surface area contributed by atoms with E-state index in [1.165, 1.54) is 0 Å². The van der Waals surface area contributed by atoms with Crippen LogP contribution in [0.2, 0.25) is 0 Å². The van der Waals surface area contributed by atoms with E-state index in [1.54, 1.807) is 18.3 Å². The average molecular weight is 372 g/mol. The van der Waals surface area contributed by atoms with E-state index < -0.39 is 5.97 Å². The van der Waals surface area contributed by atoms with Crippen molar-refractivity contribution in [2.45, 2.75) is 50.6 Å². The van der Waals surface area contributed by atoms with Gasteiger partial charge in [0.25, 0.3) is 0 Å². The van der Waals surface area contributed by atoms with Crippen LogP contribution in [0.15, 0.2) is 18.3 Å². The zero-order valence-electron chi connectivity index (χ0n) is 15.6. The maximum Gasteiger partial charge on any atom is 0.339 e. The molecule has 0 spiro atoms. The van der Waals surface area contributed by atoms with Gasteiger partial charge in [-0.15, -0.1) is 0 Å². The van der Waals surface area contributed by atoms with Crippen LogP contribution in [-0.4, -0.2) is 65.1 Å². The third-order valence-electron chi connectivity index (χ3n) is 6.04. The Labute approximate surface area is 159 Å². The number of amides is 1. The first kappa shape index (κ1) is 18.2. The van der Waals surface area contributed by atoms with Gasteiger partial charge in [0.1, 0.15) is 11.4 Å². The minimum atomic E-state index is -0.930. The fourth-order valence-electron chi connectivity index (χ4n) is 4.36. The lowest BCUT2D eigenvalue weighted by Crippen LogP contribution is -2.51. The fourth-order valence-corrected chi connectivity index (χ4v) is 4.36. The first-order valence-electron chi connectivity index (χ1n) is 10.1. The van der Waals surface area contributed by atoms with E-state index in [9.17, 15) is 14.7 Å². The zero-order chi connectivity index (χ0) is 18.8. The van der Waals surface area contributed by atoms with Gasteiger partial charge in [-0.25, -0.2) is 9.78 Å². The van der Waals surface area contributed by atoms with Gasteiger partial charge in [-0.3, -0.25) is 9.69 Å². The van der Waals surface area contributed by atoms with Gasteiger partial charge in [0.05, 0.1) is 5.92 Å². The highest BCUT2D eigenvalue weighted by atomic mass is 16.4. The van der Waals surface area contributed by atoms with Crippen molar-refractivity contribution in [3.05, 3.63) is 23.9 Å². The van der Waals surface area contributed by atoms with Gasteiger partial charge < -0.3 is 15.3 Å². The van der Waals surface area contributed by atoms with Gasteiger partial charge in [0.2, 0.25) is 5.91 Å². The lowest BCUT2D eigenvalue weighted by molar-refractivity contribution is -0.127. The number of carbonyl (C=O) groups excluding carboxylic acids is 1. The van der Waals surface area contributed by atoms with Crippen LogP contribution >= 0.6 is 0 Å². The Morgan fingerprint density at radius 1 is 1.11 bits per heavy atom. The highest BCUT2D eigenvalue weighted by Gasteiger charge is 2.34. The molecule has 0 radical (unpaired) electrons. The Kier molecular flexibility index (Phi) is 5.29. The van der Waals surface area contributed by atoms with Crippen molar-refractivity contribution in [2.75, 3.05) is 31.1 Å². The van der Waals surface area contributed by atoms with Crippen molar-refractivity contribution in [2.24, 2.45) is 5.92 Å². The topological polar surface area (TPSA) is 85.8 Å². The van der Waals surface area contributed by atoms with Gasteiger partial charge >= 0.3 is 5.97 Å². The molecule has 4 rings (SSSR count). The quantitative estimate of drug-likeness (QED) is 0.819. The number of nitrogens with zero attached hydrogens (tertiary/aromatic N) is 3. The van der Waals surface area contributed by atoms with Crippen molar-refractivity contribution in [3.8, 4) is 0 Å². The Balaban J connectivity index is 1.33. The summed E-state index contributed by atoms with van der Waals surface area (Å²) in [6.07, 6.45) is 7.94. The molecule has 0 aromatic carbocycles. The number of carboxylic acid groups (broad SMARTS) is 1. The number of piperidine rings is 2. The first-order valence-corrected chi connectivity index (χ1v) is 10.1. The molecule has 1 aromatic heterocycles. The maximum atomic E-state index is 12.4. The van der Waals surface area contributed by atoms with Crippen LogP contribution in [0.1, 0.15) is 48.9 Å². The van der Waals surface area contributed by atoms with Gasteiger partial charge in [0.15, 0.2) is 0 Å².